The predicted octanol–water partition coefficient (Wildman–Crippen LogP) is 0.876. The van der Waals surface area contributed by atoms with Gasteiger partial charge in [-0.15, -0.1) is 0 Å². The van der Waals surface area contributed by atoms with E-state index in [1.807, 2.05) is 37.3 Å². The van der Waals surface area contributed by atoms with Gasteiger partial charge in [0.05, 0.1) is 13.2 Å². The van der Waals surface area contributed by atoms with Crippen LogP contribution >= 0.6 is 0 Å². The summed E-state index contributed by atoms with van der Waals surface area (Å²) >= 11 is 0. The number of amidine groups is 1. The number of fused-ring (bicyclic) bond motifs is 1. The lowest BCUT2D eigenvalue weighted by molar-refractivity contribution is -0.0468. The summed E-state index contributed by atoms with van der Waals surface area (Å²) in [5.41, 5.74) is 6.40. The maximum atomic E-state index is 5.87. The van der Waals surface area contributed by atoms with Crippen LogP contribution < -0.4 is 5.73 Å². The smallest absolute Gasteiger partial charge is 0.223 e. The van der Waals surface area contributed by atoms with Gasteiger partial charge in [-0.2, -0.15) is 5.06 Å². The third-order valence-corrected chi connectivity index (χ3v) is 3.08. The first-order valence-corrected chi connectivity index (χ1v) is 5.60. The molecule has 0 spiro atoms. The molecular formula is C12H14N4O. The molecule has 2 N–H and O–H groups in total. The number of hydrogen-bond donors (Lipinski definition) is 1. The minimum atomic E-state index is -0.536. The van der Waals surface area contributed by atoms with Gasteiger partial charge in [0.2, 0.25) is 5.96 Å². The number of hydroxylamine groups is 2. The van der Waals surface area contributed by atoms with Crippen LogP contribution in [-0.4, -0.2) is 30.0 Å². The van der Waals surface area contributed by atoms with E-state index in [-0.39, 0.29) is 0 Å². The van der Waals surface area contributed by atoms with Gasteiger partial charge in [0.15, 0.2) is 5.84 Å². The van der Waals surface area contributed by atoms with Crippen LogP contribution in [0.3, 0.4) is 0 Å². The fourth-order valence-corrected chi connectivity index (χ4v) is 2.22. The van der Waals surface area contributed by atoms with Gasteiger partial charge < -0.3 is 5.73 Å². The predicted molar refractivity (Wildman–Crippen MR) is 65.5 cm³/mol. The molecule has 1 aromatic rings. The molecule has 0 fully saturated rings. The Morgan fingerprint density at radius 2 is 2.12 bits per heavy atom. The molecule has 0 radical (unpaired) electrons. The molecular weight excluding hydrogens is 216 g/mol. The van der Waals surface area contributed by atoms with E-state index in [4.69, 9.17) is 10.6 Å². The molecule has 0 amide bonds. The van der Waals surface area contributed by atoms with Crippen molar-refractivity contribution >= 4 is 11.8 Å². The van der Waals surface area contributed by atoms with Gasteiger partial charge in [-0.3, -0.25) is 9.83 Å². The van der Waals surface area contributed by atoms with Crippen LogP contribution in [0.5, 0.6) is 0 Å². The Morgan fingerprint density at radius 3 is 2.88 bits per heavy atom. The number of aliphatic imine (C=N–C) groups is 2. The number of nitrogens with two attached hydrogens (primary N) is 1. The van der Waals surface area contributed by atoms with Gasteiger partial charge in [-0.1, -0.05) is 30.3 Å². The molecule has 88 valence electrons. The molecule has 1 aromatic carbocycles. The lowest BCUT2D eigenvalue weighted by Gasteiger charge is -2.28. The average Bonchev–Trinajstić information content (AvgIpc) is 2.65. The van der Waals surface area contributed by atoms with E-state index >= 15 is 0 Å². The van der Waals surface area contributed by atoms with E-state index < -0.39 is 5.54 Å². The third kappa shape index (κ3) is 1.43. The van der Waals surface area contributed by atoms with E-state index in [9.17, 15) is 0 Å². The zero-order valence-electron chi connectivity index (χ0n) is 9.63. The molecule has 0 saturated carbocycles. The molecule has 5 nitrogen and oxygen atoms in total. The minimum absolute atomic E-state index is 0.370. The zero-order valence-corrected chi connectivity index (χ0v) is 9.63. The minimum Gasteiger partial charge on any atom is -0.368 e. The highest BCUT2D eigenvalue weighted by Gasteiger charge is 2.44. The van der Waals surface area contributed by atoms with Crippen LogP contribution in [0.2, 0.25) is 0 Å². The summed E-state index contributed by atoms with van der Waals surface area (Å²) < 4.78 is 0. The normalized spacial score (nSPS) is 27.5. The van der Waals surface area contributed by atoms with Crippen LogP contribution in [0.1, 0.15) is 12.5 Å². The van der Waals surface area contributed by atoms with Crippen LogP contribution in [0.15, 0.2) is 40.3 Å². The summed E-state index contributed by atoms with van der Waals surface area (Å²) in [7, 11) is 0. The maximum Gasteiger partial charge on any atom is 0.223 e. The standard InChI is InChI=1S/C12H14N4O/c1-12(9-5-3-2-4-6-9)10-14-7-8-17-16(10)11(13)15-12/h2-6H,7-8H2,1H3,(H2,13,15). The van der Waals surface area contributed by atoms with Crippen LogP contribution in [0, 0.1) is 0 Å². The first-order valence-electron chi connectivity index (χ1n) is 5.60. The van der Waals surface area contributed by atoms with Crippen molar-refractivity contribution in [3.8, 4) is 0 Å². The average molecular weight is 230 g/mol. The molecule has 0 bridgehead atoms. The molecule has 2 heterocycles. The molecule has 3 rings (SSSR count). The van der Waals surface area contributed by atoms with Gasteiger partial charge in [0.1, 0.15) is 5.54 Å². The second kappa shape index (κ2) is 3.56. The van der Waals surface area contributed by atoms with Crippen molar-refractivity contribution in [2.24, 2.45) is 15.7 Å². The zero-order chi connectivity index (χ0) is 11.9. The second-order valence-electron chi connectivity index (χ2n) is 4.24. The monoisotopic (exact) mass is 230 g/mol. The molecule has 2 aliphatic heterocycles. The summed E-state index contributed by atoms with van der Waals surface area (Å²) in [5.74, 6) is 1.14. The quantitative estimate of drug-likeness (QED) is 0.778. The first-order chi connectivity index (χ1) is 8.22. The van der Waals surface area contributed by atoms with Crippen molar-refractivity contribution in [3.63, 3.8) is 0 Å². The fourth-order valence-electron chi connectivity index (χ4n) is 2.22. The summed E-state index contributed by atoms with van der Waals surface area (Å²) in [5, 5.41) is 1.54. The van der Waals surface area contributed by atoms with E-state index in [2.05, 4.69) is 9.98 Å². The Bertz CT molecular complexity index is 496. The largest absolute Gasteiger partial charge is 0.368 e. The summed E-state index contributed by atoms with van der Waals surface area (Å²) in [6, 6.07) is 10.00. The van der Waals surface area contributed by atoms with Crippen LogP contribution in [-0.2, 0) is 10.4 Å². The Labute approximate surface area is 99.6 Å². The van der Waals surface area contributed by atoms with Crippen molar-refractivity contribution in [1.82, 2.24) is 5.06 Å². The molecule has 5 heteroatoms. The van der Waals surface area contributed by atoms with Gasteiger partial charge in [-0.05, 0) is 12.5 Å². The SMILES string of the molecule is CC1(c2ccccc2)N=C(N)N2OCCN=C21. The summed E-state index contributed by atoms with van der Waals surface area (Å²) in [6.45, 7) is 3.20. The Balaban J connectivity index is 2.11. The maximum absolute atomic E-state index is 5.87. The summed E-state index contributed by atoms with van der Waals surface area (Å²) in [6.07, 6.45) is 0. The van der Waals surface area contributed by atoms with Crippen molar-refractivity contribution in [1.29, 1.82) is 0 Å². The van der Waals surface area contributed by atoms with Crippen molar-refractivity contribution in [2.45, 2.75) is 12.5 Å². The Hall–Kier alpha value is -1.88. The highest BCUT2D eigenvalue weighted by molar-refractivity contribution is 6.08. The van der Waals surface area contributed by atoms with E-state index in [1.54, 1.807) is 0 Å². The Morgan fingerprint density at radius 1 is 1.35 bits per heavy atom. The molecule has 0 saturated heterocycles. The summed E-state index contributed by atoms with van der Waals surface area (Å²) in [4.78, 5) is 14.5. The molecule has 2 aliphatic rings. The fraction of sp³-hybridized carbons (Fsp3) is 0.333. The lowest BCUT2D eigenvalue weighted by atomic mass is 9.92. The molecule has 0 aliphatic carbocycles. The topological polar surface area (TPSA) is 63.2 Å². The number of hydrogen-bond acceptors (Lipinski definition) is 5. The molecule has 0 aromatic heterocycles. The van der Waals surface area contributed by atoms with Crippen molar-refractivity contribution < 1.29 is 4.84 Å². The van der Waals surface area contributed by atoms with Crippen molar-refractivity contribution in [2.75, 3.05) is 13.2 Å². The van der Waals surface area contributed by atoms with Crippen LogP contribution in [0.4, 0.5) is 0 Å². The highest BCUT2D eigenvalue weighted by atomic mass is 16.7. The van der Waals surface area contributed by atoms with Gasteiger partial charge >= 0.3 is 0 Å². The molecule has 1 unspecified atom stereocenters. The number of guanidine groups is 1. The van der Waals surface area contributed by atoms with Gasteiger partial charge in [0, 0.05) is 0 Å². The van der Waals surface area contributed by atoms with E-state index in [1.165, 1.54) is 5.06 Å². The molecule has 17 heavy (non-hydrogen) atoms. The Kier molecular flexibility index (Phi) is 2.16. The number of rotatable bonds is 1. The van der Waals surface area contributed by atoms with Gasteiger partial charge in [0.25, 0.3) is 0 Å². The van der Waals surface area contributed by atoms with Crippen molar-refractivity contribution in [3.05, 3.63) is 35.9 Å². The first kappa shape index (κ1) is 10.3. The molecule has 1 atom stereocenters. The van der Waals surface area contributed by atoms with Crippen LogP contribution in [0.25, 0.3) is 0 Å². The number of benzene rings is 1. The lowest BCUT2D eigenvalue weighted by Crippen LogP contribution is -2.45. The third-order valence-electron chi connectivity index (χ3n) is 3.08. The van der Waals surface area contributed by atoms with E-state index in [0.29, 0.717) is 19.1 Å². The van der Waals surface area contributed by atoms with E-state index in [0.717, 1.165) is 11.4 Å². The highest BCUT2D eigenvalue weighted by Crippen LogP contribution is 2.34. The number of nitrogens with zero attached hydrogens (tertiary/aromatic N) is 3. The van der Waals surface area contributed by atoms with Gasteiger partial charge in [-0.25, -0.2) is 4.99 Å². The second-order valence-corrected chi connectivity index (χ2v) is 4.24.